The predicted molar refractivity (Wildman–Crippen MR) is 104 cm³/mol. The van der Waals surface area contributed by atoms with Gasteiger partial charge in [-0.3, -0.25) is 4.79 Å². The number of carbonyl (C=O) groups is 1. The Balaban J connectivity index is 1.95. The summed E-state index contributed by atoms with van der Waals surface area (Å²) in [4.78, 5) is 12.6. The molecule has 24 heavy (non-hydrogen) atoms. The highest BCUT2D eigenvalue weighted by molar-refractivity contribution is 7.99. The van der Waals surface area contributed by atoms with Crippen LogP contribution in [0.1, 0.15) is 48.6 Å². The molecule has 128 valence electrons. The van der Waals surface area contributed by atoms with Crippen molar-refractivity contribution in [1.82, 2.24) is 5.32 Å². The largest absolute Gasteiger partial charge is 0.348 e. The minimum atomic E-state index is -0.0648. The SMILES string of the molecule is CCC(NC(=O)C(C)SCc1ccccc1)c1ccc(C)cc1C. The van der Waals surface area contributed by atoms with Crippen molar-refractivity contribution in [3.05, 3.63) is 70.8 Å². The van der Waals surface area contributed by atoms with Gasteiger partial charge in [0.2, 0.25) is 5.91 Å². The maximum atomic E-state index is 12.6. The molecule has 0 aromatic heterocycles. The lowest BCUT2D eigenvalue weighted by molar-refractivity contribution is -0.121. The van der Waals surface area contributed by atoms with Gasteiger partial charge >= 0.3 is 0 Å². The fourth-order valence-corrected chi connectivity index (χ4v) is 3.63. The fourth-order valence-electron chi connectivity index (χ4n) is 2.78. The molecule has 0 saturated heterocycles. The molecule has 0 spiro atoms. The van der Waals surface area contributed by atoms with Crippen LogP contribution in [0.3, 0.4) is 0 Å². The number of rotatable bonds is 7. The van der Waals surface area contributed by atoms with Gasteiger partial charge < -0.3 is 5.32 Å². The highest BCUT2D eigenvalue weighted by Crippen LogP contribution is 2.23. The highest BCUT2D eigenvalue weighted by Gasteiger charge is 2.19. The molecule has 1 N–H and O–H groups in total. The molecule has 1 amide bonds. The average Bonchev–Trinajstić information content (AvgIpc) is 2.58. The van der Waals surface area contributed by atoms with E-state index in [-0.39, 0.29) is 17.2 Å². The fraction of sp³-hybridized carbons (Fsp3) is 0.381. The summed E-state index contributed by atoms with van der Waals surface area (Å²) in [7, 11) is 0. The van der Waals surface area contributed by atoms with Crippen molar-refractivity contribution < 1.29 is 4.79 Å². The lowest BCUT2D eigenvalue weighted by atomic mass is 9.97. The first-order chi connectivity index (χ1) is 11.5. The van der Waals surface area contributed by atoms with Gasteiger partial charge in [-0.05, 0) is 43.9 Å². The van der Waals surface area contributed by atoms with Crippen LogP contribution >= 0.6 is 11.8 Å². The molecule has 0 aliphatic heterocycles. The van der Waals surface area contributed by atoms with E-state index >= 15 is 0 Å². The molecule has 2 unspecified atom stereocenters. The minimum absolute atomic E-state index is 0.0648. The maximum Gasteiger partial charge on any atom is 0.233 e. The van der Waals surface area contributed by atoms with Crippen molar-refractivity contribution >= 4 is 17.7 Å². The van der Waals surface area contributed by atoms with Gasteiger partial charge in [-0.25, -0.2) is 0 Å². The Kier molecular flexibility index (Phi) is 6.92. The summed E-state index contributed by atoms with van der Waals surface area (Å²) in [5.41, 5.74) is 4.97. The Bertz CT molecular complexity index is 669. The Morgan fingerprint density at radius 1 is 1.12 bits per heavy atom. The molecule has 0 bridgehead atoms. The Morgan fingerprint density at radius 3 is 2.46 bits per heavy atom. The van der Waals surface area contributed by atoms with E-state index in [1.165, 1.54) is 22.3 Å². The number of hydrogen-bond acceptors (Lipinski definition) is 2. The first-order valence-electron chi connectivity index (χ1n) is 8.54. The number of benzene rings is 2. The normalized spacial score (nSPS) is 13.3. The monoisotopic (exact) mass is 341 g/mol. The van der Waals surface area contributed by atoms with Crippen LogP contribution in [0.15, 0.2) is 48.5 Å². The summed E-state index contributed by atoms with van der Waals surface area (Å²) in [6.45, 7) is 8.31. The second-order valence-electron chi connectivity index (χ2n) is 6.27. The Labute approximate surface area is 150 Å². The van der Waals surface area contributed by atoms with Gasteiger partial charge in [0.15, 0.2) is 0 Å². The summed E-state index contributed by atoms with van der Waals surface area (Å²) >= 11 is 1.68. The number of thioether (sulfide) groups is 1. The summed E-state index contributed by atoms with van der Waals surface area (Å²) in [6, 6.07) is 16.8. The van der Waals surface area contributed by atoms with E-state index in [0.717, 1.165) is 12.2 Å². The van der Waals surface area contributed by atoms with Crippen LogP contribution in [0, 0.1) is 13.8 Å². The van der Waals surface area contributed by atoms with Gasteiger partial charge in [-0.15, -0.1) is 11.8 Å². The minimum Gasteiger partial charge on any atom is -0.348 e. The average molecular weight is 342 g/mol. The van der Waals surface area contributed by atoms with E-state index < -0.39 is 0 Å². The van der Waals surface area contributed by atoms with Crippen molar-refractivity contribution in [2.45, 2.75) is 51.2 Å². The van der Waals surface area contributed by atoms with Crippen LogP contribution in [0.2, 0.25) is 0 Å². The third-order valence-corrected chi connectivity index (χ3v) is 5.45. The zero-order valence-corrected chi connectivity index (χ0v) is 15.8. The van der Waals surface area contributed by atoms with E-state index in [1.807, 2.05) is 25.1 Å². The van der Waals surface area contributed by atoms with E-state index in [2.05, 4.69) is 56.4 Å². The molecule has 0 heterocycles. The van der Waals surface area contributed by atoms with Crippen LogP contribution in [-0.2, 0) is 10.5 Å². The molecule has 3 heteroatoms. The van der Waals surface area contributed by atoms with Crippen LogP contribution < -0.4 is 5.32 Å². The van der Waals surface area contributed by atoms with E-state index in [9.17, 15) is 4.79 Å². The van der Waals surface area contributed by atoms with Gasteiger partial charge in [0.1, 0.15) is 0 Å². The number of carbonyl (C=O) groups excluding carboxylic acids is 1. The molecule has 2 aromatic rings. The topological polar surface area (TPSA) is 29.1 Å². The third-order valence-electron chi connectivity index (χ3n) is 4.24. The van der Waals surface area contributed by atoms with Crippen molar-refractivity contribution in [3.8, 4) is 0 Å². The van der Waals surface area contributed by atoms with Crippen LogP contribution in [0.5, 0.6) is 0 Å². The number of amides is 1. The van der Waals surface area contributed by atoms with Crippen LogP contribution in [0.25, 0.3) is 0 Å². The maximum absolute atomic E-state index is 12.6. The smallest absolute Gasteiger partial charge is 0.233 e. The summed E-state index contributed by atoms with van der Waals surface area (Å²) in [6.07, 6.45) is 0.895. The van der Waals surface area contributed by atoms with Crippen molar-refractivity contribution in [3.63, 3.8) is 0 Å². The zero-order valence-electron chi connectivity index (χ0n) is 15.0. The third kappa shape index (κ3) is 5.13. The van der Waals surface area contributed by atoms with Gasteiger partial charge in [0.25, 0.3) is 0 Å². The van der Waals surface area contributed by atoms with Crippen molar-refractivity contribution in [2.75, 3.05) is 0 Å². The summed E-state index contributed by atoms with van der Waals surface area (Å²) < 4.78 is 0. The second kappa shape index (κ2) is 8.93. The molecule has 0 radical (unpaired) electrons. The number of hydrogen-bond donors (Lipinski definition) is 1. The molecule has 0 saturated carbocycles. The number of nitrogens with one attached hydrogen (secondary N) is 1. The van der Waals surface area contributed by atoms with Crippen LogP contribution in [0.4, 0.5) is 0 Å². The van der Waals surface area contributed by atoms with E-state index in [0.29, 0.717) is 0 Å². The molecule has 0 aliphatic rings. The molecule has 2 nitrogen and oxygen atoms in total. The predicted octanol–water partition coefficient (Wildman–Crippen LogP) is 5.19. The van der Waals surface area contributed by atoms with Gasteiger partial charge in [-0.2, -0.15) is 0 Å². The van der Waals surface area contributed by atoms with E-state index in [1.54, 1.807) is 11.8 Å². The summed E-state index contributed by atoms with van der Waals surface area (Å²) in [5.74, 6) is 0.971. The first kappa shape index (κ1) is 18.6. The molecule has 2 aromatic carbocycles. The lowest BCUT2D eigenvalue weighted by Crippen LogP contribution is -2.34. The van der Waals surface area contributed by atoms with Gasteiger partial charge in [-0.1, -0.05) is 61.0 Å². The van der Waals surface area contributed by atoms with Crippen LogP contribution in [-0.4, -0.2) is 11.2 Å². The second-order valence-corrected chi connectivity index (χ2v) is 7.60. The van der Waals surface area contributed by atoms with Crippen molar-refractivity contribution in [1.29, 1.82) is 0 Å². The Hall–Kier alpha value is -1.74. The molecule has 0 aliphatic carbocycles. The molecule has 0 fully saturated rings. The quantitative estimate of drug-likeness (QED) is 0.750. The van der Waals surface area contributed by atoms with Crippen molar-refractivity contribution in [2.24, 2.45) is 0 Å². The molecular weight excluding hydrogens is 314 g/mol. The molecular formula is C21H27NOS. The summed E-state index contributed by atoms with van der Waals surface area (Å²) in [5, 5.41) is 3.15. The van der Waals surface area contributed by atoms with Gasteiger partial charge in [0.05, 0.1) is 11.3 Å². The Morgan fingerprint density at radius 2 is 1.83 bits per heavy atom. The number of aryl methyl sites for hydroxylation is 2. The lowest BCUT2D eigenvalue weighted by Gasteiger charge is -2.22. The molecule has 2 atom stereocenters. The first-order valence-corrected chi connectivity index (χ1v) is 9.59. The van der Waals surface area contributed by atoms with E-state index in [4.69, 9.17) is 0 Å². The highest BCUT2D eigenvalue weighted by atomic mass is 32.2. The zero-order chi connectivity index (χ0) is 17.5. The standard InChI is InChI=1S/C21H27NOS/c1-5-20(19-12-11-15(2)13-16(19)3)22-21(23)17(4)24-14-18-9-7-6-8-10-18/h6-13,17,20H,5,14H2,1-4H3,(H,22,23). The van der Waals surface area contributed by atoms with Gasteiger partial charge in [0, 0.05) is 5.75 Å². The molecule has 2 rings (SSSR count).